The van der Waals surface area contributed by atoms with Gasteiger partial charge in [0, 0.05) is 43.6 Å². The number of hydrogen-bond acceptors (Lipinski definition) is 5. The molecule has 6 nitrogen and oxygen atoms in total. The summed E-state index contributed by atoms with van der Waals surface area (Å²) in [6, 6.07) is 4.83. The number of piperazine rings is 1. The van der Waals surface area contributed by atoms with Crippen molar-refractivity contribution in [3.8, 4) is 0 Å². The van der Waals surface area contributed by atoms with E-state index in [2.05, 4.69) is 34.2 Å². The predicted molar refractivity (Wildman–Crippen MR) is 103 cm³/mol. The van der Waals surface area contributed by atoms with Gasteiger partial charge in [-0.05, 0) is 64.4 Å². The van der Waals surface area contributed by atoms with Crippen molar-refractivity contribution in [2.45, 2.75) is 38.6 Å². The lowest BCUT2D eigenvalue weighted by atomic mass is 10.1. The van der Waals surface area contributed by atoms with E-state index in [0.29, 0.717) is 18.5 Å². The fraction of sp³-hybridized carbons (Fsp3) is 0.700. The Morgan fingerprint density at radius 2 is 1.88 bits per heavy atom. The van der Waals surface area contributed by atoms with Crippen LogP contribution in [0.3, 0.4) is 0 Å². The van der Waals surface area contributed by atoms with Gasteiger partial charge in [0.2, 0.25) is 5.91 Å². The Morgan fingerprint density at radius 3 is 2.58 bits per heavy atom. The zero-order valence-electron chi connectivity index (χ0n) is 15.9. The molecule has 0 radical (unpaired) electrons. The quantitative estimate of drug-likeness (QED) is 0.886. The molecule has 0 spiro atoms. The molecule has 142 valence electrons. The summed E-state index contributed by atoms with van der Waals surface area (Å²) in [7, 11) is 0. The minimum Gasteiger partial charge on any atom is -0.368 e. The van der Waals surface area contributed by atoms with E-state index in [4.69, 9.17) is 4.98 Å². The normalized spacial score (nSPS) is 24.4. The fourth-order valence-electron chi connectivity index (χ4n) is 4.42. The van der Waals surface area contributed by atoms with Crippen molar-refractivity contribution in [1.82, 2.24) is 20.1 Å². The van der Waals surface area contributed by atoms with Gasteiger partial charge in [-0.15, -0.1) is 0 Å². The Labute approximate surface area is 156 Å². The standard InChI is InChI=1S/C20H31N5O/c1-16-13-17(14-19(22-16)18-5-4-6-21-18)24-9-11-25(12-10-24)20(26)15-23-7-2-3-8-23/h13-14,18,21H,2-12,15H2,1H3/t18-/m1/s1. The van der Waals surface area contributed by atoms with E-state index in [1.807, 2.05) is 4.90 Å². The monoisotopic (exact) mass is 357 g/mol. The van der Waals surface area contributed by atoms with Crippen LogP contribution in [0.1, 0.15) is 43.1 Å². The molecule has 3 aliphatic heterocycles. The molecule has 3 fully saturated rings. The number of anilines is 1. The summed E-state index contributed by atoms with van der Waals surface area (Å²) in [4.78, 5) is 24.0. The van der Waals surface area contributed by atoms with E-state index in [-0.39, 0.29) is 0 Å². The van der Waals surface area contributed by atoms with Crippen LogP contribution in [0.2, 0.25) is 0 Å². The molecule has 0 aliphatic carbocycles. The molecule has 0 aromatic carbocycles. The predicted octanol–water partition coefficient (Wildman–Crippen LogP) is 1.56. The fourth-order valence-corrected chi connectivity index (χ4v) is 4.42. The third kappa shape index (κ3) is 4.01. The van der Waals surface area contributed by atoms with Crippen molar-refractivity contribution in [2.24, 2.45) is 0 Å². The van der Waals surface area contributed by atoms with E-state index in [0.717, 1.165) is 51.5 Å². The molecular formula is C20H31N5O. The highest BCUT2D eigenvalue weighted by Crippen LogP contribution is 2.26. The van der Waals surface area contributed by atoms with Gasteiger partial charge in [0.25, 0.3) is 0 Å². The highest BCUT2D eigenvalue weighted by Gasteiger charge is 2.25. The first kappa shape index (κ1) is 17.7. The molecule has 1 aromatic rings. The molecule has 4 rings (SSSR count). The molecule has 0 bridgehead atoms. The zero-order chi connectivity index (χ0) is 17.9. The Kier molecular flexibility index (Phi) is 5.41. The number of carbonyl (C=O) groups is 1. The lowest BCUT2D eigenvalue weighted by Gasteiger charge is -2.37. The van der Waals surface area contributed by atoms with E-state index in [1.165, 1.54) is 37.1 Å². The number of carbonyl (C=O) groups excluding carboxylic acids is 1. The summed E-state index contributed by atoms with van der Waals surface area (Å²) in [5.41, 5.74) is 3.51. The first-order valence-corrected chi connectivity index (χ1v) is 10.2. The Morgan fingerprint density at radius 1 is 1.12 bits per heavy atom. The van der Waals surface area contributed by atoms with Gasteiger partial charge in [-0.3, -0.25) is 14.7 Å². The van der Waals surface area contributed by atoms with Gasteiger partial charge in [-0.2, -0.15) is 0 Å². The second kappa shape index (κ2) is 7.92. The summed E-state index contributed by atoms with van der Waals surface area (Å²) in [6.45, 7) is 9.41. The number of pyridine rings is 1. The lowest BCUT2D eigenvalue weighted by Crippen LogP contribution is -2.51. The molecule has 1 N–H and O–H groups in total. The van der Waals surface area contributed by atoms with E-state index in [1.54, 1.807) is 0 Å². The van der Waals surface area contributed by atoms with Crippen molar-refractivity contribution < 1.29 is 4.79 Å². The first-order valence-electron chi connectivity index (χ1n) is 10.2. The van der Waals surface area contributed by atoms with E-state index < -0.39 is 0 Å². The molecular weight excluding hydrogens is 326 g/mol. The Balaban J connectivity index is 1.36. The molecule has 0 unspecified atom stereocenters. The van der Waals surface area contributed by atoms with Crippen LogP contribution in [0.4, 0.5) is 5.69 Å². The summed E-state index contributed by atoms with van der Waals surface area (Å²) >= 11 is 0. The number of rotatable bonds is 4. The summed E-state index contributed by atoms with van der Waals surface area (Å²) in [5, 5.41) is 3.55. The first-order chi connectivity index (χ1) is 12.7. The largest absolute Gasteiger partial charge is 0.368 e. The molecule has 3 saturated heterocycles. The summed E-state index contributed by atoms with van der Waals surface area (Å²) in [6.07, 6.45) is 4.88. The molecule has 1 amide bonds. The Bertz CT molecular complexity index is 629. The third-order valence-corrected chi connectivity index (χ3v) is 5.93. The SMILES string of the molecule is Cc1cc(N2CCN(C(=O)CN3CCCC3)CC2)cc([C@H]2CCCN2)n1. The highest BCUT2D eigenvalue weighted by atomic mass is 16.2. The van der Waals surface area contributed by atoms with E-state index in [9.17, 15) is 4.79 Å². The van der Waals surface area contributed by atoms with E-state index >= 15 is 0 Å². The number of aromatic nitrogens is 1. The summed E-state index contributed by atoms with van der Waals surface area (Å²) in [5.74, 6) is 0.299. The number of nitrogens with one attached hydrogen (secondary N) is 1. The number of amides is 1. The zero-order valence-corrected chi connectivity index (χ0v) is 15.9. The van der Waals surface area contributed by atoms with Crippen LogP contribution in [0.25, 0.3) is 0 Å². The number of aryl methyl sites for hydroxylation is 1. The number of hydrogen-bond donors (Lipinski definition) is 1. The van der Waals surface area contributed by atoms with Crippen molar-refractivity contribution in [3.05, 3.63) is 23.5 Å². The van der Waals surface area contributed by atoms with Crippen molar-refractivity contribution >= 4 is 11.6 Å². The van der Waals surface area contributed by atoms with Gasteiger partial charge in [-0.25, -0.2) is 0 Å². The maximum absolute atomic E-state index is 12.5. The molecule has 6 heteroatoms. The van der Waals surface area contributed by atoms with Crippen LogP contribution in [0.5, 0.6) is 0 Å². The molecule has 26 heavy (non-hydrogen) atoms. The summed E-state index contributed by atoms with van der Waals surface area (Å²) < 4.78 is 0. The smallest absolute Gasteiger partial charge is 0.236 e. The molecule has 3 aliphatic rings. The van der Waals surface area contributed by atoms with Crippen molar-refractivity contribution in [3.63, 3.8) is 0 Å². The average molecular weight is 358 g/mol. The number of likely N-dealkylation sites (tertiary alicyclic amines) is 1. The highest BCUT2D eigenvalue weighted by molar-refractivity contribution is 5.78. The van der Waals surface area contributed by atoms with Gasteiger partial charge in [0.15, 0.2) is 0 Å². The van der Waals surface area contributed by atoms with Crippen LogP contribution in [0.15, 0.2) is 12.1 Å². The minimum absolute atomic E-state index is 0.299. The van der Waals surface area contributed by atoms with Crippen molar-refractivity contribution in [1.29, 1.82) is 0 Å². The maximum Gasteiger partial charge on any atom is 0.236 e. The van der Waals surface area contributed by atoms with Gasteiger partial charge in [-0.1, -0.05) is 0 Å². The second-order valence-corrected chi connectivity index (χ2v) is 7.89. The van der Waals surface area contributed by atoms with Crippen LogP contribution >= 0.6 is 0 Å². The van der Waals surface area contributed by atoms with Gasteiger partial charge < -0.3 is 15.1 Å². The topological polar surface area (TPSA) is 51.7 Å². The van der Waals surface area contributed by atoms with Crippen LogP contribution in [-0.2, 0) is 4.79 Å². The minimum atomic E-state index is 0.299. The molecule has 1 aromatic heterocycles. The second-order valence-electron chi connectivity index (χ2n) is 7.89. The molecule has 1 atom stereocenters. The van der Waals surface area contributed by atoms with Crippen molar-refractivity contribution in [2.75, 3.05) is 57.3 Å². The molecule has 4 heterocycles. The van der Waals surface area contributed by atoms with Crippen LogP contribution in [-0.4, -0.2) is 73.0 Å². The lowest BCUT2D eigenvalue weighted by molar-refractivity contribution is -0.132. The van der Waals surface area contributed by atoms with Gasteiger partial charge in [0.1, 0.15) is 0 Å². The molecule has 0 saturated carbocycles. The maximum atomic E-state index is 12.5. The third-order valence-electron chi connectivity index (χ3n) is 5.93. The van der Waals surface area contributed by atoms with Crippen LogP contribution < -0.4 is 10.2 Å². The van der Waals surface area contributed by atoms with Gasteiger partial charge >= 0.3 is 0 Å². The Hall–Kier alpha value is -1.66. The van der Waals surface area contributed by atoms with Gasteiger partial charge in [0.05, 0.1) is 12.2 Å². The number of nitrogens with zero attached hydrogens (tertiary/aromatic N) is 4. The van der Waals surface area contributed by atoms with Crippen LogP contribution in [0, 0.1) is 6.92 Å². The average Bonchev–Trinajstić information content (AvgIpc) is 3.35.